The van der Waals surface area contributed by atoms with Gasteiger partial charge in [0.05, 0.1) is 13.7 Å². The summed E-state index contributed by atoms with van der Waals surface area (Å²) in [6.45, 7) is 1.84. The van der Waals surface area contributed by atoms with E-state index in [1.165, 1.54) is 12.1 Å². The van der Waals surface area contributed by atoms with Gasteiger partial charge in [0.15, 0.2) is 0 Å². The number of ether oxygens (including phenoxy) is 1. The van der Waals surface area contributed by atoms with Crippen LogP contribution in [0.1, 0.15) is 24.7 Å². The van der Waals surface area contributed by atoms with Gasteiger partial charge in [-0.05, 0) is 50.2 Å². The third-order valence-corrected chi connectivity index (χ3v) is 5.18. The highest BCUT2D eigenvalue weighted by Crippen LogP contribution is 2.28. The van der Waals surface area contributed by atoms with E-state index in [4.69, 9.17) is 9.26 Å². The maximum Gasteiger partial charge on any atom is 0.238 e. The molecule has 1 fully saturated rings. The van der Waals surface area contributed by atoms with Crippen LogP contribution >= 0.6 is 0 Å². The first-order chi connectivity index (χ1) is 14.6. The number of carbonyl (C=O) groups is 1. The van der Waals surface area contributed by atoms with E-state index in [0.29, 0.717) is 35.3 Å². The summed E-state index contributed by atoms with van der Waals surface area (Å²) >= 11 is 0. The lowest BCUT2D eigenvalue weighted by Crippen LogP contribution is -2.38. The van der Waals surface area contributed by atoms with E-state index < -0.39 is 0 Å². The maximum absolute atomic E-state index is 13.4. The monoisotopic (exact) mass is 410 g/mol. The number of nitrogens with one attached hydrogen (secondary N) is 1. The Morgan fingerprint density at radius 1 is 1.23 bits per heavy atom. The highest BCUT2D eigenvalue weighted by atomic mass is 19.1. The molecule has 0 radical (unpaired) electrons. The van der Waals surface area contributed by atoms with Crippen molar-refractivity contribution in [1.29, 1.82) is 0 Å². The molecule has 1 aliphatic rings. The fourth-order valence-corrected chi connectivity index (χ4v) is 3.59. The molecule has 8 heteroatoms. The van der Waals surface area contributed by atoms with Crippen LogP contribution in [0.15, 0.2) is 53.1 Å². The molecule has 2 aromatic carbocycles. The zero-order valence-electron chi connectivity index (χ0n) is 16.7. The van der Waals surface area contributed by atoms with E-state index in [0.717, 1.165) is 25.9 Å². The smallest absolute Gasteiger partial charge is 0.238 e. The molecule has 1 amide bonds. The van der Waals surface area contributed by atoms with Crippen molar-refractivity contribution < 1.29 is 18.4 Å². The Labute approximate surface area is 173 Å². The van der Waals surface area contributed by atoms with Gasteiger partial charge in [-0.2, -0.15) is 4.98 Å². The summed E-state index contributed by atoms with van der Waals surface area (Å²) in [5, 5.41) is 6.89. The molecular weight excluding hydrogens is 387 g/mol. The highest BCUT2D eigenvalue weighted by molar-refractivity contribution is 5.92. The number of benzene rings is 2. The minimum atomic E-state index is -0.334. The number of amides is 1. The van der Waals surface area contributed by atoms with Gasteiger partial charge < -0.3 is 14.6 Å². The van der Waals surface area contributed by atoms with Crippen LogP contribution in [0.4, 0.5) is 10.1 Å². The third kappa shape index (κ3) is 4.83. The number of aromatic nitrogens is 2. The van der Waals surface area contributed by atoms with Crippen LogP contribution in [0, 0.1) is 5.82 Å². The molecule has 3 aromatic rings. The number of piperidine rings is 1. The number of anilines is 1. The minimum Gasteiger partial charge on any atom is -0.497 e. The predicted octanol–water partition coefficient (Wildman–Crippen LogP) is 3.70. The maximum atomic E-state index is 13.4. The molecule has 0 aliphatic carbocycles. The van der Waals surface area contributed by atoms with Gasteiger partial charge in [0.25, 0.3) is 0 Å². The van der Waals surface area contributed by atoms with Crippen LogP contribution in [-0.2, 0) is 4.79 Å². The summed E-state index contributed by atoms with van der Waals surface area (Å²) in [6, 6.07) is 13.4. The fourth-order valence-electron chi connectivity index (χ4n) is 3.59. The van der Waals surface area contributed by atoms with Crippen LogP contribution < -0.4 is 10.1 Å². The predicted molar refractivity (Wildman–Crippen MR) is 110 cm³/mol. The molecule has 1 aromatic heterocycles. The SMILES string of the molecule is COc1cccc(NC(=O)CN2CCC(c3nc(-c4cccc(F)c4)no3)CC2)c1. The van der Waals surface area contributed by atoms with E-state index in [1.54, 1.807) is 25.3 Å². The van der Waals surface area contributed by atoms with E-state index in [9.17, 15) is 9.18 Å². The summed E-state index contributed by atoms with van der Waals surface area (Å²) < 4.78 is 24.0. The Morgan fingerprint density at radius 2 is 2.03 bits per heavy atom. The van der Waals surface area contributed by atoms with Crippen LogP contribution in [0.3, 0.4) is 0 Å². The van der Waals surface area contributed by atoms with Crippen molar-refractivity contribution in [2.24, 2.45) is 0 Å². The van der Waals surface area contributed by atoms with Gasteiger partial charge in [0, 0.05) is 23.2 Å². The first kappa shape index (κ1) is 20.0. The molecule has 0 atom stereocenters. The van der Waals surface area contributed by atoms with Crippen molar-refractivity contribution >= 4 is 11.6 Å². The standard InChI is InChI=1S/C22H23FN4O3/c1-29-19-7-3-6-18(13-19)24-20(28)14-27-10-8-15(9-11-27)22-25-21(26-30-22)16-4-2-5-17(23)12-16/h2-7,12-13,15H,8-11,14H2,1H3,(H,24,28). The summed E-state index contributed by atoms with van der Waals surface area (Å²) in [6.07, 6.45) is 1.63. The number of rotatable bonds is 6. The quantitative estimate of drug-likeness (QED) is 0.667. The number of hydrogen-bond donors (Lipinski definition) is 1. The second kappa shape index (κ2) is 9.04. The number of likely N-dealkylation sites (tertiary alicyclic amines) is 1. The molecule has 30 heavy (non-hydrogen) atoms. The Morgan fingerprint density at radius 3 is 2.80 bits per heavy atom. The fraction of sp³-hybridized carbons (Fsp3) is 0.318. The first-order valence-corrected chi connectivity index (χ1v) is 9.86. The second-order valence-corrected chi connectivity index (χ2v) is 7.30. The van der Waals surface area contributed by atoms with Gasteiger partial charge in [-0.25, -0.2) is 4.39 Å². The van der Waals surface area contributed by atoms with E-state index >= 15 is 0 Å². The molecule has 1 saturated heterocycles. The van der Waals surface area contributed by atoms with Crippen molar-refractivity contribution in [1.82, 2.24) is 15.0 Å². The van der Waals surface area contributed by atoms with Crippen molar-refractivity contribution in [3.8, 4) is 17.1 Å². The molecule has 0 spiro atoms. The molecule has 7 nitrogen and oxygen atoms in total. The molecule has 0 bridgehead atoms. The number of methoxy groups -OCH3 is 1. The zero-order chi connectivity index (χ0) is 20.9. The lowest BCUT2D eigenvalue weighted by Gasteiger charge is -2.29. The summed E-state index contributed by atoms with van der Waals surface area (Å²) in [4.78, 5) is 18.9. The summed E-state index contributed by atoms with van der Waals surface area (Å²) in [7, 11) is 1.59. The van der Waals surface area contributed by atoms with Crippen LogP contribution in [0.5, 0.6) is 5.75 Å². The third-order valence-electron chi connectivity index (χ3n) is 5.18. The van der Waals surface area contributed by atoms with Gasteiger partial charge >= 0.3 is 0 Å². The lowest BCUT2D eigenvalue weighted by atomic mass is 9.97. The van der Waals surface area contributed by atoms with Crippen molar-refractivity contribution in [3.05, 3.63) is 60.2 Å². The Hall–Kier alpha value is -3.26. The van der Waals surface area contributed by atoms with E-state index in [1.807, 2.05) is 18.2 Å². The number of carbonyl (C=O) groups excluding carboxylic acids is 1. The van der Waals surface area contributed by atoms with Crippen LogP contribution in [0.2, 0.25) is 0 Å². The van der Waals surface area contributed by atoms with Gasteiger partial charge in [0.1, 0.15) is 11.6 Å². The number of nitrogens with zero attached hydrogens (tertiary/aromatic N) is 3. The van der Waals surface area contributed by atoms with Crippen molar-refractivity contribution in [3.63, 3.8) is 0 Å². The average Bonchev–Trinajstić information content (AvgIpc) is 3.25. The largest absolute Gasteiger partial charge is 0.497 e. The van der Waals surface area contributed by atoms with Gasteiger partial charge in [0.2, 0.25) is 17.6 Å². The van der Waals surface area contributed by atoms with E-state index in [2.05, 4.69) is 20.4 Å². The average molecular weight is 410 g/mol. The highest BCUT2D eigenvalue weighted by Gasteiger charge is 2.26. The van der Waals surface area contributed by atoms with Crippen LogP contribution in [0.25, 0.3) is 11.4 Å². The first-order valence-electron chi connectivity index (χ1n) is 9.86. The normalized spacial score (nSPS) is 15.1. The Balaban J connectivity index is 1.29. The molecule has 1 N–H and O–H groups in total. The topological polar surface area (TPSA) is 80.5 Å². The van der Waals surface area contributed by atoms with Crippen LogP contribution in [-0.4, -0.2) is 47.7 Å². The van der Waals surface area contributed by atoms with Crippen molar-refractivity contribution in [2.75, 3.05) is 32.1 Å². The number of halogens is 1. The second-order valence-electron chi connectivity index (χ2n) is 7.30. The number of hydrogen-bond acceptors (Lipinski definition) is 6. The molecular formula is C22H23FN4O3. The molecule has 156 valence electrons. The minimum absolute atomic E-state index is 0.0621. The molecule has 0 saturated carbocycles. The van der Waals surface area contributed by atoms with Gasteiger partial charge in [-0.15, -0.1) is 0 Å². The molecule has 4 rings (SSSR count). The zero-order valence-corrected chi connectivity index (χ0v) is 16.7. The Bertz CT molecular complexity index is 1010. The summed E-state index contributed by atoms with van der Waals surface area (Å²) in [5.74, 6) is 1.40. The van der Waals surface area contributed by atoms with Crippen molar-refractivity contribution in [2.45, 2.75) is 18.8 Å². The lowest BCUT2D eigenvalue weighted by molar-refractivity contribution is -0.117. The van der Waals surface area contributed by atoms with Gasteiger partial charge in [-0.3, -0.25) is 9.69 Å². The van der Waals surface area contributed by atoms with E-state index in [-0.39, 0.29) is 17.6 Å². The molecule has 1 aliphatic heterocycles. The summed E-state index contributed by atoms with van der Waals surface area (Å²) in [5.41, 5.74) is 1.31. The Kier molecular flexibility index (Phi) is 6.04. The molecule has 2 heterocycles. The molecule has 0 unspecified atom stereocenters. The van der Waals surface area contributed by atoms with Gasteiger partial charge in [-0.1, -0.05) is 23.4 Å².